The van der Waals surface area contributed by atoms with Crippen molar-refractivity contribution >= 4 is 11.6 Å². The third-order valence-electron chi connectivity index (χ3n) is 0.731. The molecule has 0 aromatic carbocycles. The number of rotatable bonds is 1. The summed E-state index contributed by atoms with van der Waals surface area (Å²) in [6.07, 6.45) is 2.42. The Labute approximate surface area is 61.9 Å². The molecule has 0 aliphatic rings. The van der Waals surface area contributed by atoms with Crippen molar-refractivity contribution < 1.29 is 8.85 Å². The van der Waals surface area contributed by atoms with Crippen molar-refractivity contribution in [2.45, 2.75) is 0 Å². The highest BCUT2D eigenvalue weighted by atomic mass is 35.5. The summed E-state index contributed by atoms with van der Waals surface area (Å²) in [6.45, 7) is 0. The molecule has 3 nitrogen and oxygen atoms in total. The lowest BCUT2D eigenvalue weighted by Crippen LogP contribution is -1.87. The van der Waals surface area contributed by atoms with Gasteiger partial charge in [-0.3, -0.25) is 0 Å². The van der Waals surface area contributed by atoms with E-state index >= 15 is 0 Å². The molecule has 0 bridgehead atoms. The van der Waals surface area contributed by atoms with Crippen LogP contribution in [0.3, 0.4) is 0 Å². The minimum Gasteiger partial charge on any atom is -0.480 e. The topological polar surface area (TPSA) is 35.0 Å². The van der Waals surface area contributed by atoms with E-state index in [2.05, 4.69) is 14.7 Å². The van der Waals surface area contributed by atoms with Gasteiger partial charge in [-0.15, -0.1) is 0 Å². The van der Waals surface area contributed by atoms with Crippen molar-refractivity contribution in [2.24, 2.45) is 0 Å². The van der Waals surface area contributed by atoms with Crippen LogP contribution in [0.15, 0.2) is 12.5 Å². The van der Waals surface area contributed by atoms with Gasteiger partial charge in [0.2, 0.25) is 5.88 Å². The predicted octanol–water partition coefficient (Wildman–Crippen LogP) is 1.14. The number of aromatic nitrogens is 2. The van der Waals surface area contributed by atoms with Crippen molar-refractivity contribution in [3.05, 3.63) is 17.5 Å². The zero-order valence-electron chi connectivity index (χ0n) is 7.34. The van der Waals surface area contributed by atoms with Gasteiger partial charge in [0.05, 0.1) is 17.3 Å². The van der Waals surface area contributed by atoms with Gasteiger partial charge >= 0.3 is 0 Å². The first kappa shape index (κ1) is 3.37. The second kappa shape index (κ2) is 2.64. The molecule has 0 aliphatic carbocycles. The molecule has 1 aromatic rings. The van der Waals surface area contributed by atoms with Crippen LogP contribution in [0.1, 0.15) is 4.11 Å². The quantitative estimate of drug-likeness (QED) is 0.598. The molecule has 1 heterocycles. The van der Waals surface area contributed by atoms with E-state index in [4.69, 9.17) is 15.7 Å². The van der Waals surface area contributed by atoms with E-state index < -0.39 is 7.04 Å². The summed E-state index contributed by atoms with van der Waals surface area (Å²) in [5.41, 5.74) is 0. The molecule has 0 aliphatic heterocycles. The van der Waals surface area contributed by atoms with Gasteiger partial charge in [0.25, 0.3) is 0 Å². The van der Waals surface area contributed by atoms with Crippen molar-refractivity contribution in [1.82, 2.24) is 9.97 Å². The Kier molecular flexibility index (Phi) is 0.987. The van der Waals surface area contributed by atoms with Gasteiger partial charge in [-0.25, -0.2) is 9.97 Å². The highest BCUT2D eigenvalue weighted by Gasteiger charge is 1.96. The summed E-state index contributed by atoms with van der Waals surface area (Å²) in [7, 11) is -2.53. The van der Waals surface area contributed by atoms with Crippen LogP contribution < -0.4 is 4.74 Å². The Hall–Kier alpha value is -0.830. The Morgan fingerprint density at radius 3 is 3.44 bits per heavy atom. The molecule has 1 rings (SSSR count). The molecule has 0 spiro atoms. The summed E-state index contributed by atoms with van der Waals surface area (Å²) in [4.78, 5) is 7.11. The van der Waals surface area contributed by atoms with Crippen molar-refractivity contribution in [1.29, 1.82) is 0 Å². The zero-order chi connectivity index (χ0) is 9.19. The van der Waals surface area contributed by atoms with Crippen LogP contribution in [0, 0.1) is 0 Å². The van der Waals surface area contributed by atoms with Gasteiger partial charge in [0, 0.05) is 0 Å². The fraction of sp³-hybridized carbons (Fsp3) is 0.200. The summed E-state index contributed by atoms with van der Waals surface area (Å²) in [5, 5.41) is 0.0774. The van der Waals surface area contributed by atoms with Crippen molar-refractivity contribution in [2.75, 3.05) is 7.04 Å². The largest absolute Gasteiger partial charge is 0.480 e. The SMILES string of the molecule is [2H]C([2H])([2H])Oc1ncncc1Cl. The van der Waals surface area contributed by atoms with Crippen molar-refractivity contribution in [3.63, 3.8) is 0 Å². The molecule has 1 aromatic heterocycles. The molecule has 4 heteroatoms. The van der Waals surface area contributed by atoms with Gasteiger partial charge < -0.3 is 4.74 Å². The maximum atomic E-state index is 6.76. The Balaban J connectivity index is 2.83. The zero-order valence-corrected chi connectivity index (χ0v) is 5.09. The molecular weight excluding hydrogens is 140 g/mol. The average Bonchev–Trinajstić information content (AvgIpc) is 1.91. The minimum absolute atomic E-state index is 0.0774. The summed E-state index contributed by atoms with van der Waals surface area (Å²) in [6, 6.07) is 0. The van der Waals surface area contributed by atoms with Gasteiger partial charge in [-0.1, -0.05) is 11.6 Å². The van der Waals surface area contributed by atoms with E-state index in [0.717, 1.165) is 6.33 Å². The van der Waals surface area contributed by atoms with Crippen LogP contribution in [-0.4, -0.2) is 17.0 Å². The van der Waals surface area contributed by atoms with Gasteiger partial charge in [0.1, 0.15) is 11.3 Å². The van der Waals surface area contributed by atoms with Crippen LogP contribution in [0.25, 0.3) is 0 Å². The maximum absolute atomic E-state index is 6.76. The van der Waals surface area contributed by atoms with E-state index in [9.17, 15) is 0 Å². The molecule has 0 saturated heterocycles. The lowest BCUT2D eigenvalue weighted by Gasteiger charge is -1.96. The highest BCUT2D eigenvalue weighted by Crippen LogP contribution is 2.17. The third-order valence-corrected chi connectivity index (χ3v) is 0.990. The smallest absolute Gasteiger partial charge is 0.235 e. The minimum atomic E-state index is -2.53. The monoisotopic (exact) mass is 147 g/mol. The van der Waals surface area contributed by atoms with Crippen LogP contribution in [0.2, 0.25) is 5.02 Å². The van der Waals surface area contributed by atoms with E-state index in [1.807, 2.05) is 0 Å². The molecule has 0 fully saturated rings. The second-order valence-corrected chi connectivity index (χ2v) is 1.69. The molecule has 0 unspecified atom stereocenters. The standard InChI is InChI=1S/C5H5ClN2O/c1-9-5-4(6)2-7-3-8-5/h2-3H,1H3/i1D3. The molecule has 0 radical (unpaired) electrons. The van der Waals surface area contributed by atoms with Gasteiger partial charge in [-0.2, -0.15) is 0 Å². The third kappa shape index (κ3) is 1.29. The number of methoxy groups -OCH3 is 1. The van der Waals surface area contributed by atoms with E-state index in [1.165, 1.54) is 6.20 Å². The lowest BCUT2D eigenvalue weighted by atomic mass is 10.6. The number of halogens is 1. The first-order chi connectivity index (χ1) is 5.49. The Morgan fingerprint density at radius 1 is 1.89 bits per heavy atom. The van der Waals surface area contributed by atoms with E-state index in [-0.39, 0.29) is 10.9 Å². The van der Waals surface area contributed by atoms with E-state index in [0.29, 0.717) is 0 Å². The second-order valence-electron chi connectivity index (χ2n) is 1.28. The highest BCUT2D eigenvalue weighted by molar-refractivity contribution is 6.31. The maximum Gasteiger partial charge on any atom is 0.235 e. The predicted molar refractivity (Wildman–Crippen MR) is 33.6 cm³/mol. The first-order valence-electron chi connectivity index (χ1n) is 3.63. The van der Waals surface area contributed by atoms with E-state index in [1.54, 1.807) is 0 Å². The fourth-order valence-electron chi connectivity index (χ4n) is 0.377. The number of hydrogen-bond acceptors (Lipinski definition) is 3. The number of ether oxygens (including phenoxy) is 1. The summed E-state index contributed by atoms with van der Waals surface area (Å²) < 4.78 is 24.7. The Bertz CT molecular complexity index is 278. The van der Waals surface area contributed by atoms with Crippen molar-refractivity contribution in [3.8, 4) is 5.88 Å². The molecule has 0 saturated carbocycles. The van der Waals surface area contributed by atoms with Crippen LogP contribution in [0.5, 0.6) is 5.88 Å². The van der Waals surface area contributed by atoms with Crippen LogP contribution >= 0.6 is 11.6 Å². The molecular formula is C5H5ClN2O. The Morgan fingerprint density at radius 2 is 2.78 bits per heavy atom. The molecule has 0 amide bonds. The normalized spacial score (nSPS) is 15.4. The van der Waals surface area contributed by atoms with Gasteiger partial charge in [-0.05, 0) is 0 Å². The lowest BCUT2D eigenvalue weighted by molar-refractivity contribution is 0.397. The number of nitrogens with zero attached hydrogens (tertiary/aromatic N) is 2. The molecule has 0 N–H and O–H groups in total. The van der Waals surface area contributed by atoms with Crippen LogP contribution in [-0.2, 0) is 0 Å². The first-order valence-corrected chi connectivity index (χ1v) is 2.51. The molecule has 9 heavy (non-hydrogen) atoms. The fourth-order valence-corrected chi connectivity index (χ4v) is 0.520. The van der Waals surface area contributed by atoms with Crippen LogP contribution in [0.4, 0.5) is 0 Å². The number of hydrogen-bond donors (Lipinski definition) is 0. The average molecular weight is 148 g/mol. The van der Waals surface area contributed by atoms with Gasteiger partial charge in [0.15, 0.2) is 0 Å². The summed E-state index contributed by atoms with van der Waals surface area (Å²) in [5.74, 6) is -0.133. The molecule has 0 atom stereocenters. The summed E-state index contributed by atoms with van der Waals surface area (Å²) >= 11 is 5.53. The molecule has 48 valence electrons.